The minimum Gasteiger partial charge on any atom is -0.309 e. The Kier molecular flexibility index (Phi) is 4.97. The molecular formula is C39H38BN. The second-order valence-electron chi connectivity index (χ2n) is 14.6. The highest BCUT2D eigenvalue weighted by Gasteiger charge is 2.48. The van der Waals surface area contributed by atoms with Gasteiger partial charge in [-0.1, -0.05) is 132 Å². The van der Waals surface area contributed by atoms with E-state index in [-0.39, 0.29) is 5.41 Å². The first-order valence-corrected chi connectivity index (χ1v) is 15.3. The zero-order valence-corrected chi connectivity index (χ0v) is 25.2. The first-order valence-electron chi connectivity index (χ1n) is 15.3. The third-order valence-electron chi connectivity index (χ3n) is 11.3. The average Bonchev–Trinajstić information content (AvgIpc) is 3.49. The molecular weight excluding hydrogens is 493 g/mol. The van der Waals surface area contributed by atoms with Crippen LogP contribution in [0.15, 0.2) is 97.1 Å². The third kappa shape index (κ3) is 3.37. The Labute approximate surface area is 244 Å². The van der Waals surface area contributed by atoms with Crippen molar-refractivity contribution in [3.05, 3.63) is 108 Å². The van der Waals surface area contributed by atoms with Crippen LogP contribution in [-0.4, -0.2) is 11.3 Å². The van der Waals surface area contributed by atoms with Gasteiger partial charge in [0.25, 0.3) is 0 Å². The molecule has 0 unspecified atom stereocenters. The van der Waals surface area contributed by atoms with E-state index in [0.717, 1.165) is 0 Å². The van der Waals surface area contributed by atoms with Crippen LogP contribution in [0.2, 0.25) is 12.6 Å². The highest BCUT2D eigenvalue weighted by molar-refractivity contribution is 6.74. The standard InChI is InChI=1S/C39H38BN/c1-37(2)23-40(24-38(37,3)4)26-16-20-35-31(21-26)29-13-9-10-14-34(29)41(35)27-17-18-30-33(22-27)39(5,6)32-19-15-25-11-7-8-12-28(25)36(30)32/h7-22H,23-24H2,1-6H3. The van der Waals surface area contributed by atoms with Crippen LogP contribution in [0.5, 0.6) is 0 Å². The van der Waals surface area contributed by atoms with Crippen LogP contribution in [0.25, 0.3) is 49.4 Å². The lowest BCUT2D eigenvalue weighted by Crippen LogP contribution is -2.27. The largest absolute Gasteiger partial charge is 0.309 e. The summed E-state index contributed by atoms with van der Waals surface area (Å²) >= 11 is 0. The number of benzene rings is 5. The van der Waals surface area contributed by atoms with E-state index >= 15 is 0 Å². The predicted molar refractivity (Wildman–Crippen MR) is 178 cm³/mol. The lowest BCUT2D eigenvalue weighted by atomic mass is 9.42. The summed E-state index contributed by atoms with van der Waals surface area (Å²) in [7, 11) is 0. The van der Waals surface area contributed by atoms with Crippen LogP contribution in [0, 0.1) is 10.8 Å². The Hall–Kier alpha value is -3.78. The molecule has 0 spiro atoms. The van der Waals surface area contributed by atoms with Crippen molar-refractivity contribution in [2.75, 3.05) is 0 Å². The van der Waals surface area contributed by atoms with Crippen molar-refractivity contribution < 1.29 is 0 Å². The molecule has 8 rings (SSSR count). The maximum atomic E-state index is 2.51. The topological polar surface area (TPSA) is 4.93 Å². The number of rotatable bonds is 2. The van der Waals surface area contributed by atoms with Crippen molar-refractivity contribution in [2.24, 2.45) is 10.8 Å². The number of hydrogen-bond acceptors (Lipinski definition) is 0. The van der Waals surface area contributed by atoms with Crippen molar-refractivity contribution in [2.45, 2.75) is 59.6 Å². The van der Waals surface area contributed by atoms with Crippen molar-refractivity contribution >= 4 is 44.8 Å². The Balaban J connectivity index is 1.31. The molecule has 2 heterocycles. The number of nitrogens with zero attached hydrogens (tertiary/aromatic N) is 1. The summed E-state index contributed by atoms with van der Waals surface area (Å²) in [6.45, 7) is 15.2. The summed E-state index contributed by atoms with van der Waals surface area (Å²) in [6.07, 6.45) is 2.50. The van der Waals surface area contributed by atoms with Gasteiger partial charge in [0, 0.05) is 21.9 Å². The SMILES string of the molecule is CC1(C)c2cc(-n3c4ccccc4c4cc(B5CC(C)(C)C(C)(C)C5)ccc43)ccc2-c2c1ccc1ccccc21. The van der Waals surface area contributed by atoms with Gasteiger partial charge >= 0.3 is 0 Å². The summed E-state index contributed by atoms with van der Waals surface area (Å²) < 4.78 is 2.49. The second-order valence-corrected chi connectivity index (χ2v) is 14.6. The number of aromatic nitrogens is 1. The Bertz CT molecular complexity index is 2020. The Morgan fingerprint density at radius 3 is 2.05 bits per heavy atom. The average molecular weight is 532 g/mol. The van der Waals surface area contributed by atoms with Gasteiger partial charge in [-0.2, -0.15) is 0 Å². The molecule has 41 heavy (non-hydrogen) atoms. The van der Waals surface area contributed by atoms with E-state index in [4.69, 9.17) is 0 Å². The molecule has 1 nitrogen and oxygen atoms in total. The summed E-state index contributed by atoms with van der Waals surface area (Å²) in [6, 6.07) is 36.9. The van der Waals surface area contributed by atoms with E-state index in [1.807, 2.05) is 0 Å². The molecule has 0 atom stereocenters. The van der Waals surface area contributed by atoms with Gasteiger partial charge in [-0.15, -0.1) is 0 Å². The van der Waals surface area contributed by atoms with Crippen LogP contribution in [-0.2, 0) is 5.41 Å². The van der Waals surface area contributed by atoms with Gasteiger partial charge in [-0.05, 0) is 68.1 Å². The number of para-hydroxylation sites is 1. The van der Waals surface area contributed by atoms with Crippen molar-refractivity contribution in [1.82, 2.24) is 4.57 Å². The highest BCUT2D eigenvalue weighted by atomic mass is 15.0. The smallest absolute Gasteiger partial charge is 0.177 e. The van der Waals surface area contributed by atoms with Crippen LogP contribution in [0.4, 0.5) is 0 Å². The predicted octanol–water partition coefficient (Wildman–Crippen LogP) is 10.0. The Morgan fingerprint density at radius 2 is 1.27 bits per heavy atom. The van der Waals surface area contributed by atoms with Gasteiger partial charge in [0.2, 0.25) is 0 Å². The Morgan fingerprint density at radius 1 is 0.585 bits per heavy atom. The molecule has 5 aromatic carbocycles. The highest BCUT2D eigenvalue weighted by Crippen LogP contribution is 2.53. The van der Waals surface area contributed by atoms with Crippen LogP contribution >= 0.6 is 0 Å². The molecule has 1 aromatic heterocycles. The van der Waals surface area contributed by atoms with Gasteiger partial charge in [-0.3, -0.25) is 0 Å². The van der Waals surface area contributed by atoms with Crippen molar-refractivity contribution in [3.8, 4) is 16.8 Å². The molecule has 0 bridgehead atoms. The quantitative estimate of drug-likeness (QED) is 0.196. The van der Waals surface area contributed by atoms with E-state index in [1.54, 1.807) is 0 Å². The number of hydrogen-bond donors (Lipinski definition) is 0. The fraction of sp³-hybridized carbons (Fsp3) is 0.282. The third-order valence-corrected chi connectivity index (χ3v) is 11.3. The number of fused-ring (bicyclic) bond motifs is 8. The van der Waals surface area contributed by atoms with Gasteiger partial charge in [0.1, 0.15) is 0 Å². The van der Waals surface area contributed by atoms with E-state index < -0.39 is 0 Å². The molecule has 6 aromatic rings. The fourth-order valence-corrected chi connectivity index (χ4v) is 8.25. The van der Waals surface area contributed by atoms with Crippen LogP contribution in [0.1, 0.15) is 52.7 Å². The molecule has 1 aliphatic carbocycles. The molecule has 0 N–H and O–H groups in total. The van der Waals surface area contributed by atoms with E-state index in [0.29, 0.717) is 17.5 Å². The molecule has 1 fully saturated rings. The lowest BCUT2D eigenvalue weighted by molar-refractivity contribution is 0.177. The summed E-state index contributed by atoms with van der Waals surface area (Å²) in [5.41, 5.74) is 11.6. The molecule has 2 aliphatic rings. The van der Waals surface area contributed by atoms with Crippen LogP contribution in [0.3, 0.4) is 0 Å². The van der Waals surface area contributed by atoms with Crippen LogP contribution < -0.4 is 5.46 Å². The zero-order valence-electron chi connectivity index (χ0n) is 25.2. The molecule has 2 heteroatoms. The maximum absolute atomic E-state index is 2.51. The molecule has 0 amide bonds. The molecule has 1 saturated heterocycles. The zero-order chi connectivity index (χ0) is 28.3. The summed E-state index contributed by atoms with van der Waals surface area (Å²) in [5.74, 6) is 0. The monoisotopic (exact) mass is 531 g/mol. The summed E-state index contributed by atoms with van der Waals surface area (Å²) in [5, 5.41) is 5.38. The molecule has 202 valence electrons. The van der Waals surface area contributed by atoms with Crippen molar-refractivity contribution in [1.29, 1.82) is 0 Å². The molecule has 0 saturated carbocycles. The fourth-order valence-electron chi connectivity index (χ4n) is 8.25. The first-order chi connectivity index (χ1) is 19.6. The van der Waals surface area contributed by atoms with Gasteiger partial charge < -0.3 is 4.57 Å². The minimum absolute atomic E-state index is 0.0568. The maximum Gasteiger partial charge on any atom is 0.177 e. The lowest BCUT2D eigenvalue weighted by Gasteiger charge is -2.35. The van der Waals surface area contributed by atoms with Gasteiger partial charge in [0.05, 0.1) is 11.0 Å². The van der Waals surface area contributed by atoms with E-state index in [9.17, 15) is 0 Å². The van der Waals surface area contributed by atoms with Gasteiger partial charge in [-0.25, -0.2) is 0 Å². The van der Waals surface area contributed by atoms with E-state index in [2.05, 4.69) is 143 Å². The van der Waals surface area contributed by atoms with Gasteiger partial charge in [0.15, 0.2) is 6.71 Å². The van der Waals surface area contributed by atoms with E-state index in [1.165, 1.54) is 78.6 Å². The molecule has 1 aliphatic heterocycles. The van der Waals surface area contributed by atoms with Crippen molar-refractivity contribution in [3.63, 3.8) is 0 Å². The second kappa shape index (κ2) is 8.16. The normalized spacial score (nSPS) is 18.3. The first kappa shape index (κ1) is 25.0. The molecule has 0 radical (unpaired) electrons. The minimum atomic E-state index is -0.0568. The summed E-state index contributed by atoms with van der Waals surface area (Å²) in [4.78, 5) is 0.